The van der Waals surface area contributed by atoms with Crippen molar-refractivity contribution in [2.75, 3.05) is 23.4 Å². The number of hydrogen-bond donors (Lipinski definition) is 3. The molecule has 9 nitrogen and oxygen atoms in total. The van der Waals surface area contributed by atoms with Crippen LogP contribution in [-0.2, 0) is 16.1 Å². The van der Waals surface area contributed by atoms with Crippen molar-refractivity contribution in [3.63, 3.8) is 0 Å². The van der Waals surface area contributed by atoms with E-state index in [1.807, 2.05) is 43.3 Å². The third-order valence-corrected chi connectivity index (χ3v) is 7.77. The Morgan fingerprint density at radius 2 is 1.62 bits per heavy atom. The number of fused-ring (bicyclic) bond motifs is 2. The molecule has 9 heteroatoms. The summed E-state index contributed by atoms with van der Waals surface area (Å²) in [6, 6.07) is 23.8. The topological polar surface area (TPSA) is 125 Å². The van der Waals surface area contributed by atoms with Crippen LogP contribution >= 0.6 is 0 Å². The average Bonchev–Trinajstić information content (AvgIpc) is 3.12. The summed E-state index contributed by atoms with van der Waals surface area (Å²) in [7, 11) is 1.66. The first kappa shape index (κ1) is 28.5. The fraction of sp³-hybridized carbons (Fsp3) is 0.212. The van der Waals surface area contributed by atoms with Gasteiger partial charge in [-0.2, -0.15) is 0 Å². The smallest absolute Gasteiger partial charge is 0.258 e. The lowest BCUT2D eigenvalue weighted by molar-refractivity contribution is -0.128. The predicted octanol–water partition coefficient (Wildman–Crippen LogP) is 3.53. The molecule has 0 saturated heterocycles. The minimum absolute atomic E-state index is 0.108. The van der Waals surface area contributed by atoms with Crippen LogP contribution in [0.1, 0.15) is 38.8 Å². The molecule has 2 atom stereocenters. The molecule has 2 unspecified atom stereocenters. The summed E-state index contributed by atoms with van der Waals surface area (Å²) < 4.78 is 0. The van der Waals surface area contributed by atoms with Gasteiger partial charge in [0.1, 0.15) is 6.04 Å². The van der Waals surface area contributed by atoms with Crippen molar-refractivity contribution >= 4 is 45.8 Å². The number of nitrogens with zero attached hydrogens (tertiary/aromatic N) is 2. The highest BCUT2D eigenvalue weighted by atomic mass is 16.2. The number of rotatable bonds is 7. The molecule has 42 heavy (non-hydrogen) atoms. The van der Waals surface area contributed by atoms with E-state index in [4.69, 9.17) is 5.73 Å². The Hall–Kier alpha value is -5.02. The van der Waals surface area contributed by atoms with Gasteiger partial charge in [0.15, 0.2) is 0 Å². The highest BCUT2D eigenvalue weighted by Gasteiger charge is 2.38. The highest BCUT2D eigenvalue weighted by Crippen LogP contribution is 2.36. The fourth-order valence-electron chi connectivity index (χ4n) is 5.25. The Morgan fingerprint density at radius 3 is 2.36 bits per heavy atom. The molecule has 0 saturated carbocycles. The van der Waals surface area contributed by atoms with Crippen LogP contribution in [-0.4, -0.2) is 49.3 Å². The quantitative estimate of drug-likeness (QED) is 0.317. The largest absolute Gasteiger partial charge is 0.366 e. The number of carbonyl (C=O) groups is 4. The molecule has 5 rings (SSSR count). The summed E-state index contributed by atoms with van der Waals surface area (Å²) in [5.74, 6) is -1.79. The zero-order valence-corrected chi connectivity index (χ0v) is 23.8. The number of para-hydroxylation sites is 2. The van der Waals surface area contributed by atoms with Crippen molar-refractivity contribution in [3.05, 3.63) is 107 Å². The molecule has 0 radical (unpaired) electrons. The molecule has 1 heterocycles. The van der Waals surface area contributed by atoms with E-state index in [9.17, 15) is 19.2 Å². The Balaban J connectivity index is 1.64. The van der Waals surface area contributed by atoms with E-state index in [1.165, 1.54) is 17.0 Å². The van der Waals surface area contributed by atoms with Crippen LogP contribution in [0.15, 0.2) is 84.9 Å². The van der Waals surface area contributed by atoms with Gasteiger partial charge >= 0.3 is 0 Å². The van der Waals surface area contributed by atoms with Crippen molar-refractivity contribution in [1.29, 1.82) is 0 Å². The Kier molecular flexibility index (Phi) is 8.04. The minimum atomic E-state index is -1.04. The van der Waals surface area contributed by atoms with Crippen molar-refractivity contribution in [2.45, 2.75) is 32.5 Å². The number of nitrogens with two attached hydrogens (primary N) is 1. The maximum Gasteiger partial charge on any atom is 0.258 e. The summed E-state index contributed by atoms with van der Waals surface area (Å²) in [5, 5.41) is 7.83. The number of amides is 4. The maximum atomic E-state index is 14.3. The molecule has 1 aliphatic rings. The zero-order chi connectivity index (χ0) is 30.0. The van der Waals surface area contributed by atoms with Crippen molar-refractivity contribution in [3.8, 4) is 0 Å². The van der Waals surface area contributed by atoms with Crippen LogP contribution in [0.3, 0.4) is 0 Å². The van der Waals surface area contributed by atoms with Gasteiger partial charge in [-0.25, -0.2) is 0 Å². The summed E-state index contributed by atoms with van der Waals surface area (Å²) in [5.41, 5.74) is 8.94. The first-order chi connectivity index (χ1) is 20.2. The Bertz CT molecular complexity index is 1700. The first-order valence-corrected chi connectivity index (χ1v) is 13.8. The van der Waals surface area contributed by atoms with E-state index in [0.717, 1.165) is 21.9 Å². The maximum absolute atomic E-state index is 14.3. The van der Waals surface area contributed by atoms with Gasteiger partial charge in [-0.05, 0) is 73.1 Å². The summed E-state index contributed by atoms with van der Waals surface area (Å²) in [4.78, 5) is 56.4. The van der Waals surface area contributed by atoms with E-state index < -0.39 is 23.9 Å². The van der Waals surface area contributed by atoms with Crippen molar-refractivity contribution in [2.24, 2.45) is 5.73 Å². The number of nitrogens with one attached hydrogen (secondary N) is 2. The number of carbonyl (C=O) groups excluding carboxylic acids is 4. The second kappa shape index (κ2) is 11.8. The lowest BCUT2D eigenvalue weighted by atomic mass is 9.99. The van der Waals surface area contributed by atoms with Gasteiger partial charge in [0, 0.05) is 11.1 Å². The van der Waals surface area contributed by atoms with Crippen LogP contribution in [0.4, 0.5) is 11.4 Å². The predicted molar refractivity (Wildman–Crippen MR) is 163 cm³/mol. The van der Waals surface area contributed by atoms with Crippen molar-refractivity contribution in [1.82, 2.24) is 10.6 Å². The Labute approximate surface area is 244 Å². The number of aryl methyl sites for hydroxylation is 1. The number of likely N-dealkylation sites (N-methyl/N-ethyl adjacent to an activating group) is 1. The highest BCUT2D eigenvalue weighted by molar-refractivity contribution is 6.13. The molecule has 1 aliphatic heterocycles. The first-order valence-electron chi connectivity index (χ1n) is 13.8. The molecular weight excluding hydrogens is 530 g/mol. The second-order valence-corrected chi connectivity index (χ2v) is 10.4. The van der Waals surface area contributed by atoms with E-state index in [-0.39, 0.29) is 36.0 Å². The van der Waals surface area contributed by atoms with Gasteiger partial charge in [-0.15, -0.1) is 0 Å². The van der Waals surface area contributed by atoms with E-state index in [1.54, 1.807) is 49.2 Å². The number of hydrogen-bond acceptors (Lipinski definition) is 5. The van der Waals surface area contributed by atoms with Crippen LogP contribution in [0.5, 0.6) is 0 Å². The summed E-state index contributed by atoms with van der Waals surface area (Å²) in [6.45, 7) is 3.82. The summed E-state index contributed by atoms with van der Waals surface area (Å²) in [6.07, 6.45) is 0. The van der Waals surface area contributed by atoms with Crippen LogP contribution in [0, 0.1) is 6.92 Å². The molecule has 4 amide bonds. The third-order valence-electron chi connectivity index (χ3n) is 7.77. The minimum Gasteiger partial charge on any atom is -0.366 e. The molecule has 0 aromatic heterocycles. The monoisotopic (exact) mass is 563 g/mol. The van der Waals surface area contributed by atoms with Crippen LogP contribution in [0.2, 0.25) is 0 Å². The molecule has 0 fully saturated rings. The SMILES string of the molecule is CNC(C)C(=O)NC1CN(C(=O)c2cccc(C(N)=O)c2)c2ccccc2N(Cc2c(C)ccc3ccccc23)C1=O. The van der Waals surface area contributed by atoms with Gasteiger partial charge < -0.3 is 26.2 Å². The zero-order valence-electron chi connectivity index (χ0n) is 23.8. The van der Waals surface area contributed by atoms with E-state index in [2.05, 4.69) is 16.7 Å². The molecule has 4 aromatic rings. The van der Waals surface area contributed by atoms with E-state index in [0.29, 0.717) is 11.4 Å². The van der Waals surface area contributed by atoms with Gasteiger partial charge in [-0.3, -0.25) is 19.2 Å². The van der Waals surface area contributed by atoms with Gasteiger partial charge in [0.2, 0.25) is 11.8 Å². The molecule has 0 spiro atoms. The molecular formula is C33H33N5O4. The second-order valence-electron chi connectivity index (χ2n) is 10.4. The third kappa shape index (κ3) is 5.46. The van der Waals surface area contributed by atoms with Crippen LogP contribution < -0.4 is 26.2 Å². The lowest BCUT2D eigenvalue weighted by Crippen LogP contribution is -2.55. The van der Waals surface area contributed by atoms with Gasteiger partial charge in [0.05, 0.1) is 30.5 Å². The molecule has 0 bridgehead atoms. The molecule has 214 valence electrons. The molecule has 4 aromatic carbocycles. The molecule has 4 N–H and O–H groups in total. The van der Waals surface area contributed by atoms with E-state index >= 15 is 0 Å². The number of benzene rings is 4. The summed E-state index contributed by atoms with van der Waals surface area (Å²) >= 11 is 0. The number of primary amides is 1. The standard InChI is InChI=1S/C33H33N5O4/c1-20-15-16-22-9-4-5-12-25(22)26(20)18-37-28-13-6-7-14-29(28)38(19-27(33(37)42)36-31(40)21(2)35-3)32(41)24-11-8-10-23(17-24)30(34)39/h4-17,21,27,35H,18-19H2,1-3H3,(H2,34,39)(H,36,40). The molecule has 0 aliphatic carbocycles. The number of anilines is 2. The van der Waals surface area contributed by atoms with Gasteiger partial charge in [-0.1, -0.05) is 54.6 Å². The normalized spacial score (nSPS) is 15.6. The van der Waals surface area contributed by atoms with Gasteiger partial charge in [0.25, 0.3) is 11.8 Å². The average molecular weight is 564 g/mol. The Morgan fingerprint density at radius 1 is 0.929 bits per heavy atom. The van der Waals surface area contributed by atoms with Crippen molar-refractivity contribution < 1.29 is 19.2 Å². The van der Waals surface area contributed by atoms with Crippen LogP contribution in [0.25, 0.3) is 10.8 Å². The lowest BCUT2D eigenvalue weighted by Gasteiger charge is -2.27. The fourth-order valence-corrected chi connectivity index (χ4v) is 5.25.